The van der Waals surface area contributed by atoms with Gasteiger partial charge in [-0.1, -0.05) is 0 Å². The summed E-state index contributed by atoms with van der Waals surface area (Å²) in [6.45, 7) is 3.57. The first kappa shape index (κ1) is 7.50. The molecule has 0 bridgehead atoms. The van der Waals surface area contributed by atoms with Crippen molar-refractivity contribution in [3.63, 3.8) is 0 Å². The standard InChI is InChI=1S/C8H14FNO/c9-7-1-3-10(4-2-7)8-5-11-6-8/h7-8H,1-6H2. The van der Waals surface area contributed by atoms with Crippen molar-refractivity contribution in [1.82, 2.24) is 4.90 Å². The van der Waals surface area contributed by atoms with Gasteiger partial charge in [0.25, 0.3) is 0 Å². The summed E-state index contributed by atoms with van der Waals surface area (Å²) in [5, 5.41) is 0. The van der Waals surface area contributed by atoms with E-state index >= 15 is 0 Å². The summed E-state index contributed by atoms with van der Waals surface area (Å²) in [5.74, 6) is 0. The van der Waals surface area contributed by atoms with Gasteiger partial charge in [-0.25, -0.2) is 4.39 Å². The van der Waals surface area contributed by atoms with Crippen LogP contribution < -0.4 is 0 Å². The number of hydrogen-bond acceptors (Lipinski definition) is 2. The monoisotopic (exact) mass is 159 g/mol. The Morgan fingerprint density at radius 1 is 1.18 bits per heavy atom. The molecule has 11 heavy (non-hydrogen) atoms. The van der Waals surface area contributed by atoms with Crippen molar-refractivity contribution in [2.45, 2.75) is 25.1 Å². The van der Waals surface area contributed by atoms with Gasteiger partial charge in [0.15, 0.2) is 0 Å². The largest absolute Gasteiger partial charge is 0.378 e. The molecule has 0 saturated carbocycles. The van der Waals surface area contributed by atoms with Crippen molar-refractivity contribution in [1.29, 1.82) is 0 Å². The Hall–Kier alpha value is -0.150. The van der Waals surface area contributed by atoms with E-state index in [1.54, 1.807) is 0 Å². The van der Waals surface area contributed by atoms with Gasteiger partial charge < -0.3 is 4.74 Å². The van der Waals surface area contributed by atoms with Crippen molar-refractivity contribution < 1.29 is 9.13 Å². The Balaban J connectivity index is 1.77. The second-order valence-corrected chi connectivity index (χ2v) is 3.40. The number of piperidine rings is 1. The first-order valence-corrected chi connectivity index (χ1v) is 4.32. The first-order chi connectivity index (χ1) is 5.36. The highest BCUT2D eigenvalue weighted by atomic mass is 19.1. The van der Waals surface area contributed by atoms with Crippen LogP contribution in [0.5, 0.6) is 0 Å². The van der Waals surface area contributed by atoms with Gasteiger partial charge in [-0.2, -0.15) is 0 Å². The van der Waals surface area contributed by atoms with Crippen LogP contribution >= 0.6 is 0 Å². The van der Waals surface area contributed by atoms with Gasteiger partial charge in [0.1, 0.15) is 6.17 Å². The number of nitrogens with zero attached hydrogens (tertiary/aromatic N) is 1. The van der Waals surface area contributed by atoms with E-state index < -0.39 is 6.17 Å². The molecule has 2 saturated heterocycles. The van der Waals surface area contributed by atoms with Crippen LogP contribution in [0.2, 0.25) is 0 Å². The maximum atomic E-state index is 12.7. The van der Waals surface area contributed by atoms with Crippen LogP contribution in [-0.2, 0) is 4.74 Å². The third-order valence-electron chi connectivity index (χ3n) is 2.60. The van der Waals surface area contributed by atoms with Crippen LogP contribution in [0.4, 0.5) is 4.39 Å². The number of rotatable bonds is 1. The quantitative estimate of drug-likeness (QED) is 0.561. The molecule has 0 radical (unpaired) electrons. The molecule has 2 aliphatic heterocycles. The van der Waals surface area contributed by atoms with Gasteiger partial charge in [0.05, 0.1) is 19.3 Å². The van der Waals surface area contributed by atoms with Crippen molar-refractivity contribution in [3.05, 3.63) is 0 Å². The Morgan fingerprint density at radius 2 is 1.82 bits per heavy atom. The third kappa shape index (κ3) is 1.54. The number of halogens is 1. The van der Waals surface area contributed by atoms with E-state index in [2.05, 4.69) is 4.90 Å². The number of hydrogen-bond donors (Lipinski definition) is 0. The molecule has 0 aromatic rings. The molecule has 2 fully saturated rings. The van der Waals surface area contributed by atoms with Crippen LogP contribution in [-0.4, -0.2) is 43.4 Å². The van der Waals surface area contributed by atoms with Gasteiger partial charge in [-0.3, -0.25) is 4.90 Å². The lowest BCUT2D eigenvalue weighted by atomic mass is 10.1. The van der Waals surface area contributed by atoms with Crippen molar-refractivity contribution in [2.75, 3.05) is 26.3 Å². The summed E-state index contributed by atoms with van der Waals surface area (Å²) in [6.07, 6.45) is 0.889. The predicted molar refractivity (Wildman–Crippen MR) is 40.3 cm³/mol. The molecule has 0 amide bonds. The Bertz CT molecular complexity index is 130. The zero-order valence-corrected chi connectivity index (χ0v) is 6.63. The minimum absolute atomic E-state index is 0.549. The lowest BCUT2D eigenvalue weighted by Crippen LogP contribution is -2.52. The molecule has 0 N–H and O–H groups in total. The van der Waals surface area contributed by atoms with Crippen molar-refractivity contribution in [2.24, 2.45) is 0 Å². The number of likely N-dealkylation sites (tertiary alicyclic amines) is 1. The highest BCUT2D eigenvalue weighted by molar-refractivity contribution is 4.81. The molecule has 2 rings (SSSR count). The molecule has 0 spiro atoms. The fraction of sp³-hybridized carbons (Fsp3) is 1.00. The van der Waals surface area contributed by atoms with Crippen LogP contribution in [0, 0.1) is 0 Å². The molecule has 0 aromatic carbocycles. The van der Waals surface area contributed by atoms with Crippen LogP contribution in [0.25, 0.3) is 0 Å². The molecule has 0 unspecified atom stereocenters. The summed E-state index contributed by atoms with van der Waals surface area (Å²) in [4.78, 5) is 2.35. The van der Waals surface area contributed by atoms with Crippen LogP contribution in [0.15, 0.2) is 0 Å². The fourth-order valence-electron chi connectivity index (χ4n) is 1.67. The highest BCUT2D eigenvalue weighted by Gasteiger charge is 2.29. The minimum Gasteiger partial charge on any atom is -0.378 e. The smallest absolute Gasteiger partial charge is 0.103 e. The first-order valence-electron chi connectivity index (χ1n) is 4.32. The summed E-state index contributed by atoms with van der Waals surface area (Å²) in [7, 11) is 0. The lowest BCUT2D eigenvalue weighted by Gasteiger charge is -2.40. The molecule has 0 atom stereocenters. The average molecular weight is 159 g/mol. The molecule has 3 heteroatoms. The zero-order chi connectivity index (χ0) is 7.68. The third-order valence-corrected chi connectivity index (χ3v) is 2.60. The Morgan fingerprint density at radius 3 is 2.27 bits per heavy atom. The van der Waals surface area contributed by atoms with Gasteiger partial charge in [0, 0.05) is 13.1 Å². The van der Waals surface area contributed by atoms with Crippen LogP contribution in [0.1, 0.15) is 12.8 Å². The normalized spacial score (nSPS) is 30.3. The fourth-order valence-corrected chi connectivity index (χ4v) is 1.67. The zero-order valence-electron chi connectivity index (χ0n) is 6.63. The molecule has 64 valence electrons. The lowest BCUT2D eigenvalue weighted by molar-refractivity contribution is -0.0749. The van der Waals surface area contributed by atoms with E-state index in [4.69, 9.17) is 4.74 Å². The topological polar surface area (TPSA) is 12.5 Å². The maximum Gasteiger partial charge on any atom is 0.103 e. The van der Waals surface area contributed by atoms with Crippen molar-refractivity contribution in [3.8, 4) is 0 Å². The highest BCUT2D eigenvalue weighted by Crippen LogP contribution is 2.18. The molecule has 2 heterocycles. The minimum atomic E-state index is -0.549. The van der Waals surface area contributed by atoms with E-state index in [1.165, 1.54) is 0 Å². The van der Waals surface area contributed by atoms with Crippen LogP contribution in [0.3, 0.4) is 0 Å². The van der Waals surface area contributed by atoms with E-state index in [-0.39, 0.29) is 0 Å². The Kier molecular flexibility index (Phi) is 2.09. The second-order valence-electron chi connectivity index (χ2n) is 3.40. The molecule has 2 nitrogen and oxygen atoms in total. The molecule has 0 aromatic heterocycles. The number of ether oxygens (including phenoxy) is 1. The molecular formula is C8H14FNO. The summed E-state index contributed by atoms with van der Waals surface area (Å²) >= 11 is 0. The van der Waals surface area contributed by atoms with Gasteiger partial charge in [0.2, 0.25) is 0 Å². The summed E-state index contributed by atoms with van der Waals surface area (Å²) < 4.78 is 17.8. The average Bonchev–Trinajstić information content (AvgIpc) is 1.90. The van der Waals surface area contributed by atoms with E-state index in [0.29, 0.717) is 6.04 Å². The maximum absolute atomic E-state index is 12.7. The van der Waals surface area contributed by atoms with Gasteiger partial charge >= 0.3 is 0 Å². The Labute approximate surface area is 66.3 Å². The second kappa shape index (κ2) is 3.07. The predicted octanol–water partition coefficient (Wildman–Crippen LogP) is 0.819. The van der Waals surface area contributed by atoms with E-state index in [9.17, 15) is 4.39 Å². The van der Waals surface area contributed by atoms with Gasteiger partial charge in [-0.15, -0.1) is 0 Å². The van der Waals surface area contributed by atoms with E-state index in [0.717, 1.165) is 39.1 Å². The molecule has 0 aliphatic carbocycles. The van der Waals surface area contributed by atoms with Gasteiger partial charge in [-0.05, 0) is 12.8 Å². The molecule has 2 aliphatic rings. The van der Waals surface area contributed by atoms with Crippen molar-refractivity contribution >= 4 is 0 Å². The summed E-state index contributed by atoms with van der Waals surface area (Å²) in [5.41, 5.74) is 0. The summed E-state index contributed by atoms with van der Waals surface area (Å²) in [6, 6.07) is 0.600. The molecular weight excluding hydrogens is 145 g/mol. The number of alkyl halides is 1. The SMILES string of the molecule is FC1CCN(C2COC2)CC1. The van der Waals surface area contributed by atoms with E-state index in [1.807, 2.05) is 0 Å².